The van der Waals surface area contributed by atoms with Gasteiger partial charge in [0.1, 0.15) is 5.75 Å². The average molecular weight is 350 g/mol. The van der Waals surface area contributed by atoms with Crippen LogP contribution in [0.25, 0.3) is 0 Å². The summed E-state index contributed by atoms with van der Waals surface area (Å²) in [4.78, 5) is 12.5. The van der Waals surface area contributed by atoms with Gasteiger partial charge in [0.2, 0.25) is 0 Å². The highest BCUT2D eigenvalue weighted by atomic mass is 32.2. The molecule has 1 amide bonds. The van der Waals surface area contributed by atoms with Crippen LogP contribution in [0.2, 0.25) is 0 Å². The van der Waals surface area contributed by atoms with E-state index < -0.39 is 15.7 Å². The van der Waals surface area contributed by atoms with Gasteiger partial charge in [0.05, 0.1) is 16.3 Å². The molecule has 0 saturated heterocycles. The number of hydrogen-bond donors (Lipinski definition) is 4. The molecule has 0 saturated carbocycles. The van der Waals surface area contributed by atoms with E-state index in [4.69, 9.17) is 0 Å². The Morgan fingerprint density at radius 3 is 2.96 bits per heavy atom. The zero-order chi connectivity index (χ0) is 17.3. The van der Waals surface area contributed by atoms with Crippen molar-refractivity contribution >= 4 is 21.4 Å². The normalized spacial score (nSPS) is 14.2. The predicted molar refractivity (Wildman–Crippen MR) is 87.8 cm³/mol. The molecule has 2 heterocycles. The number of rotatable bonds is 4. The second-order valence-electron chi connectivity index (χ2n) is 5.49. The maximum atomic E-state index is 12.4. The molecule has 128 valence electrons. The van der Waals surface area contributed by atoms with Crippen LogP contribution in [0.4, 0.5) is 5.69 Å². The van der Waals surface area contributed by atoms with Crippen molar-refractivity contribution in [3.05, 3.63) is 35.2 Å². The number of hydrogen-bond acceptors (Lipinski definition) is 6. The highest BCUT2D eigenvalue weighted by molar-refractivity contribution is 7.91. The Balaban J connectivity index is 1.90. The third-order valence-corrected chi connectivity index (χ3v) is 5.71. The van der Waals surface area contributed by atoms with Gasteiger partial charge in [-0.25, -0.2) is 8.42 Å². The van der Waals surface area contributed by atoms with Crippen LogP contribution in [0.5, 0.6) is 5.75 Å². The standard InChI is InChI=1S/C15H18N4O4S/c1-2-24(22,23)9-3-4-13(20)12(7-9)17-15(21)14-10-8-16-6-5-11(10)18-19-14/h3-4,7,16,20H,2,5-6,8H2,1H3,(H,17,21)(H,18,19). The van der Waals surface area contributed by atoms with Crippen LogP contribution in [-0.2, 0) is 22.8 Å². The van der Waals surface area contributed by atoms with Gasteiger partial charge in [0.25, 0.3) is 5.91 Å². The zero-order valence-electron chi connectivity index (χ0n) is 13.1. The fourth-order valence-electron chi connectivity index (χ4n) is 2.57. The number of fused-ring (bicyclic) bond motifs is 1. The van der Waals surface area contributed by atoms with Crippen molar-refractivity contribution in [1.82, 2.24) is 15.5 Å². The number of H-pyrrole nitrogens is 1. The number of nitrogens with zero attached hydrogens (tertiary/aromatic N) is 1. The second-order valence-corrected chi connectivity index (χ2v) is 7.77. The average Bonchev–Trinajstić information content (AvgIpc) is 3.00. The number of aromatic hydroxyl groups is 1. The van der Waals surface area contributed by atoms with Crippen molar-refractivity contribution in [2.45, 2.75) is 24.8 Å². The highest BCUT2D eigenvalue weighted by Gasteiger charge is 2.23. The van der Waals surface area contributed by atoms with Gasteiger partial charge in [-0.3, -0.25) is 9.89 Å². The first kappa shape index (κ1) is 16.5. The Hall–Kier alpha value is -2.39. The Labute approximate surface area is 139 Å². The first-order valence-electron chi connectivity index (χ1n) is 7.56. The predicted octanol–water partition coefficient (Wildman–Crippen LogP) is 0.807. The number of phenolic OH excluding ortho intramolecular Hbond substituents is 1. The Kier molecular flexibility index (Phi) is 4.29. The van der Waals surface area contributed by atoms with Crippen molar-refractivity contribution in [2.24, 2.45) is 0 Å². The SMILES string of the molecule is CCS(=O)(=O)c1ccc(O)c(NC(=O)c2n[nH]c3c2CNCC3)c1. The first-order chi connectivity index (χ1) is 11.4. The molecule has 0 atom stereocenters. The quantitative estimate of drug-likeness (QED) is 0.605. The maximum Gasteiger partial charge on any atom is 0.276 e. The van der Waals surface area contributed by atoms with Gasteiger partial charge in [0.15, 0.2) is 15.5 Å². The Bertz CT molecular complexity index is 889. The number of aromatic nitrogens is 2. The van der Waals surface area contributed by atoms with Gasteiger partial charge in [0, 0.05) is 30.8 Å². The minimum Gasteiger partial charge on any atom is -0.506 e. The fourth-order valence-corrected chi connectivity index (χ4v) is 3.48. The summed E-state index contributed by atoms with van der Waals surface area (Å²) in [5.41, 5.74) is 1.97. The number of sulfone groups is 1. The van der Waals surface area contributed by atoms with Crippen molar-refractivity contribution in [3.63, 3.8) is 0 Å². The van der Waals surface area contributed by atoms with E-state index in [9.17, 15) is 18.3 Å². The number of carbonyl (C=O) groups is 1. The molecule has 0 unspecified atom stereocenters. The van der Waals surface area contributed by atoms with Crippen molar-refractivity contribution < 1.29 is 18.3 Å². The Morgan fingerprint density at radius 2 is 2.21 bits per heavy atom. The molecule has 0 radical (unpaired) electrons. The van der Waals surface area contributed by atoms with Gasteiger partial charge in [-0.2, -0.15) is 5.10 Å². The Morgan fingerprint density at radius 1 is 1.42 bits per heavy atom. The molecule has 1 aromatic carbocycles. The van der Waals surface area contributed by atoms with E-state index in [0.29, 0.717) is 6.54 Å². The highest BCUT2D eigenvalue weighted by Crippen LogP contribution is 2.28. The van der Waals surface area contributed by atoms with Gasteiger partial charge in [-0.15, -0.1) is 0 Å². The van der Waals surface area contributed by atoms with Crippen molar-refractivity contribution in [3.8, 4) is 5.75 Å². The van der Waals surface area contributed by atoms with Gasteiger partial charge in [-0.05, 0) is 18.2 Å². The van der Waals surface area contributed by atoms with Crippen LogP contribution in [0, 0.1) is 0 Å². The first-order valence-corrected chi connectivity index (χ1v) is 9.21. The molecular weight excluding hydrogens is 332 g/mol. The molecule has 0 spiro atoms. The molecule has 0 bridgehead atoms. The van der Waals surface area contributed by atoms with E-state index in [2.05, 4.69) is 20.8 Å². The number of nitrogens with one attached hydrogen (secondary N) is 3. The lowest BCUT2D eigenvalue weighted by atomic mass is 10.1. The van der Waals surface area contributed by atoms with Crippen LogP contribution in [0.3, 0.4) is 0 Å². The largest absolute Gasteiger partial charge is 0.506 e. The monoisotopic (exact) mass is 350 g/mol. The number of phenols is 1. The smallest absolute Gasteiger partial charge is 0.276 e. The molecule has 1 aliphatic heterocycles. The fraction of sp³-hybridized carbons (Fsp3) is 0.333. The number of aromatic amines is 1. The number of anilines is 1. The molecule has 1 aromatic heterocycles. The van der Waals surface area contributed by atoms with Gasteiger partial charge < -0.3 is 15.7 Å². The number of benzene rings is 1. The summed E-state index contributed by atoms with van der Waals surface area (Å²) in [7, 11) is -3.44. The van der Waals surface area contributed by atoms with E-state index >= 15 is 0 Å². The molecule has 9 heteroatoms. The van der Waals surface area contributed by atoms with Crippen molar-refractivity contribution in [2.75, 3.05) is 17.6 Å². The lowest BCUT2D eigenvalue weighted by Gasteiger charge is -2.13. The molecule has 24 heavy (non-hydrogen) atoms. The van der Waals surface area contributed by atoms with E-state index in [0.717, 1.165) is 24.2 Å². The molecule has 0 aliphatic carbocycles. The molecule has 0 fully saturated rings. The summed E-state index contributed by atoms with van der Waals surface area (Å²) in [6.45, 7) is 2.88. The lowest BCUT2D eigenvalue weighted by molar-refractivity contribution is 0.102. The molecule has 2 aromatic rings. The summed E-state index contributed by atoms with van der Waals surface area (Å²) in [5.74, 6) is -0.776. The van der Waals surface area contributed by atoms with Crippen molar-refractivity contribution in [1.29, 1.82) is 0 Å². The zero-order valence-corrected chi connectivity index (χ0v) is 13.9. The molecule has 8 nitrogen and oxygen atoms in total. The summed E-state index contributed by atoms with van der Waals surface area (Å²) in [5, 5.41) is 22.5. The number of carbonyl (C=O) groups excluding carboxylic acids is 1. The second kappa shape index (κ2) is 6.25. The van der Waals surface area contributed by atoms with E-state index in [-0.39, 0.29) is 27.8 Å². The summed E-state index contributed by atoms with van der Waals surface area (Å²) >= 11 is 0. The van der Waals surface area contributed by atoms with Crippen LogP contribution >= 0.6 is 0 Å². The third kappa shape index (κ3) is 3.00. The topological polar surface area (TPSA) is 124 Å². The lowest BCUT2D eigenvalue weighted by Crippen LogP contribution is -2.25. The minimum absolute atomic E-state index is 0.0371. The van der Waals surface area contributed by atoms with Crippen LogP contribution in [-0.4, -0.2) is 41.9 Å². The van der Waals surface area contributed by atoms with Gasteiger partial charge >= 0.3 is 0 Å². The summed E-state index contributed by atoms with van der Waals surface area (Å²) in [6.07, 6.45) is 0.755. The van der Waals surface area contributed by atoms with Crippen LogP contribution < -0.4 is 10.6 Å². The molecule has 3 rings (SSSR count). The molecule has 4 N–H and O–H groups in total. The molecular formula is C15H18N4O4S. The molecule has 1 aliphatic rings. The van der Waals surface area contributed by atoms with Crippen LogP contribution in [0.15, 0.2) is 23.1 Å². The summed E-state index contributed by atoms with van der Waals surface area (Å²) in [6, 6.07) is 3.81. The summed E-state index contributed by atoms with van der Waals surface area (Å²) < 4.78 is 23.9. The minimum atomic E-state index is -3.44. The van der Waals surface area contributed by atoms with E-state index in [1.165, 1.54) is 25.1 Å². The van der Waals surface area contributed by atoms with E-state index in [1.807, 2.05) is 0 Å². The van der Waals surface area contributed by atoms with E-state index in [1.54, 1.807) is 0 Å². The number of amides is 1. The third-order valence-electron chi connectivity index (χ3n) is 3.98. The maximum absolute atomic E-state index is 12.4. The van der Waals surface area contributed by atoms with Crippen LogP contribution in [0.1, 0.15) is 28.7 Å². The van der Waals surface area contributed by atoms with Gasteiger partial charge in [-0.1, -0.05) is 6.92 Å².